The van der Waals surface area contributed by atoms with Gasteiger partial charge in [0.2, 0.25) is 0 Å². The van der Waals surface area contributed by atoms with Gasteiger partial charge < -0.3 is 9.67 Å². The van der Waals surface area contributed by atoms with Crippen LogP contribution < -0.4 is 0 Å². The predicted octanol–water partition coefficient (Wildman–Crippen LogP) is 1.31. The van der Waals surface area contributed by atoms with Gasteiger partial charge in [-0.25, -0.2) is 4.98 Å². The minimum Gasteiger partial charge on any atom is -0.481 e. The van der Waals surface area contributed by atoms with Crippen molar-refractivity contribution in [2.24, 2.45) is 7.05 Å². The average molecular weight is 182 g/mol. The highest BCUT2D eigenvalue weighted by Gasteiger charge is 2.14. The standard InChI is InChI=1S/C9H14N2O2/c1-6(4-9(12)13)8-5-10-7(2)11(8)3/h5-6H,4H2,1-3H3,(H,12,13). The first-order valence-corrected chi connectivity index (χ1v) is 4.22. The summed E-state index contributed by atoms with van der Waals surface area (Å²) in [4.78, 5) is 14.6. The summed E-state index contributed by atoms with van der Waals surface area (Å²) in [5, 5.41) is 8.61. The van der Waals surface area contributed by atoms with E-state index in [1.165, 1.54) is 0 Å². The van der Waals surface area contributed by atoms with E-state index in [1.54, 1.807) is 6.20 Å². The number of carboxylic acid groups (broad SMARTS) is 1. The van der Waals surface area contributed by atoms with Crippen LogP contribution in [0.15, 0.2) is 6.20 Å². The zero-order valence-corrected chi connectivity index (χ0v) is 8.11. The number of carbonyl (C=O) groups is 1. The Morgan fingerprint density at radius 2 is 2.38 bits per heavy atom. The van der Waals surface area contributed by atoms with Crippen molar-refractivity contribution >= 4 is 5.97 Å². The van der Waals surface area contributed by atoms with E-state index in [2.05, 4.69) is 4.98 Å². The molecule has 0 spiro atoms. The molecule has 1 N–H and O–H groups in total. The Kier molecular flexibility index (Phi) is 2.70. The van der Waals surface area contributed by atoms with E-state index in [1.807, 2.05) is 25.5 Å². The maximum Gasteiger partial charge on any atom is 0.304 e. The molecule has 0 aliphatic heterocycles. The fourth-order valence-electron chi connectivity index (χ4n) is 1.34. The van der Waals surface area contributed by atoms with E-state index in [-0.39, 0.29) is 12.3 Å². The third kappa shape index (κ3) is 2.08. The second kappa shape index (κ2) is 3.60. The third-order valence-corrected chi connectivity index (χ3v) is 2.24. The van der Waals surface area contributed by atoms with Crippen LogP contribution in [0.2, 0.25) is 0 Å². The summed E-state index contributed by atoms with van der Waals surface area (Å²) in [5.74, 6) is 0.155. The largest absolute Gasteiger partial charge is 0.481 e. The lowest BCUT2D eigenvalue weighted by molar-refractivity contribution is -0.137. The summed E-state index contributed by atoms with van der Waals surface area (Å²) in [6, 6.07) is 0. The molecule has 1 heterocycles. The number of hydrogen-bond acceptors (Lipinski definition) is 2. The molecule has 4 nitrogen and oxygen atoms in total. The Hall–Kier alpha value is -1.32. The quantitative estimate of drug-likeness (QED) is 0.766. The van der Waals surface area contributed by atoms with Crippen LogP contribution in [-0.2, 0) is 11.8 Å². The van der Waals surface area contributed by atoms with Crippen molar-refractivity contribution in [3.8, 4) is 0 Å². The molecule has 1 rings (SSSR count). The van der Waals surface area contributed by atoms with Crippen LogP contribution in [0.25, 0.3) is 0 Å². The van der Waals surface area contributed by atoms with Crippen molar-refractivity contribution in [1.29, 1.82) is 0 Å². The van der Waals surface area contributed by atoms with Gasteiger partial charge in [0.1, 0.15) is 5.82 Å². The van der Waals surface area contributed by atoms with E-state index < -0.39 is 5.97 Å². The maximum atomic E-state index is 10.5. The predicted molar refractivity (Wildman–Crippen MR) is 48.6 cm³/mol. The SMILES string of the molecule is Cc1ncc(C(C)CC(=O)O)n1C. The number of rotatable bonds is 3. The van der Waals surface area contributed by atoms with Gasteiger partial charge in [0, 0.05) is 24.9 Å². The first-order chi connectivity index (χ1) is 6.02. The highest BCUT2D eigenvalue weighted by Crippen LogP contribution is 2.18. The molecule has 1 atom stereocenters. The lowest BCUT2D eigenvalue weighted by atomic mass is 10.1. The van der Waals surface area contributed by atoms with E-state index in [9.17, 15) is 4.79 Å². The number of hydrogen-bond donors (Lipinski definition) is 1. The maximum absolute atomic E-state index is 10.5. The monoisotopic (exact) mass is 182 g/mol. The molecule has 1 aromatic rings. The van der Waals surface area contributed by atoms with E-state index >= 15 is 0 Å². The van der Waals surface area contributed by atoms with Crippen LogP contribution >= 0.6 is 0 Å². The molecule has 0 aliphatic rings. The molecule has 4 heteroatoms. The van der Waals surface area contributed by atoms with Crippen LogP contribution in [0.3, 0.4) is 0 Å². The minimum atomic E-state index is -0.772. The topological polar surface area (TPSA) is 55.1 Å². The molecular formula is C9H14N2O2. The molecule has 0 saturated carbocycles. The van der Waals surface area contributed by atoms with Crippen molar-refractivity contribution in [2.45, 2.75) is 26.2 Å². The first kappa shape index (κ1) is 9.77. The Morgan fingerprint density at radius 3 is 2.77 bits per heavy atom. The van der Waals surface area contributed by atoms with Crippen molar-refractivity contribution in [1.82, 2.24) is 9.55 Å². The van der Waals surface area contributed by atoms with Gasteiger partial charge in [-0.05, 0) is 6.92 Å². The summed E-state index contributed by atoms with van der Waals surface area (Å²) in [5.41, 5.74) is 0.972. The molecule has 1 unspecified atom stereocenters. The van der Waals surface area contributed by atoms with Crippen molar-refractivity contribution in [2.75, 3.05) is 0 Å². The third-order valence-electron chi connectivity index (χ3n) is 2.24. The zero-order valence-electron chi connectivity index (χ0n) is 8.11. The number of aliphatic carboxylic acids is 1. The number of carboxylic acids is 1. The second-order valence-corrected chi connectivity index (χ2v) is 3.29. The fourth-order valence-corrected chi connectivity index (χ4v) is 1.34. The van der Waals surface area contributed by atoms with E-state index in [0.717, 1.165) is 11.5 Å². The van der Waals surface area contributed by atoms with Crippen molar-refractivity contribution in [3.05, 3.63) is 17.7 Å². The van der Waals surface area contributed by atoms with Gasteiger partial charge in [0.05, 0.1) is 6.42 Å². The average Bonchev–Trinajstić information content (AvgIpc) is 2.31. The van der Waals surface area contributed by atoms with Gasteiger partial charge in [-0.15, -0.1) is 0 Å². The molecule has 1 aromatic heterocycles. The van der Waals surface area contributed by atoms with E-state index in [0.29, 0.717) is 0 Å². The summed E-state index contributed by atoms with van der Waals surface area (Å²) >= 11 is 0. The van der Waals surface area contributed by atoms with Gasteiger partial charge >= 0.3 is 5.97 Å². The van der Waals surface area contributed by atoms with Gasteiger partial charge in [-0.1, -0.05) is 6.92 Å². The molecule has 0 radical (unpaired) electrons. The Balaban J connectivity index is 2.82. The highest BCUT2D eigenvalue weighted by atomic mass is 16.4. The molecule has 0 amide bonds. The Labute approximate surface area is 77.2 Å². The number of imidazole rings is 1. The number of aromatic nitrogens is 2. The van der Waals surface area contributed by atoms with Crippen molar-refractivity contribution < 1.29 is 9.90 Å². The lowest BCUT2D eigenvalue weighted by Crippen LogP contribution is -2.07. The lowest BCUT2D eigenvalue weighted by Gasteiger charge is -2.09. The highest BCUT2D eigenvalue weighted by molar-refractivity contribution is 5.67. The smallest absolute Gasteiger partial charge is 0.304 e. The van der Waals surface area contributed by atoms with Crippen molar-refractivity contribution in [3.63, 3.8) is 0 Å². The molecule has 0 saturated heterocycles. The number of nitrogens with zero attached hydrogens (tertiary/aromatic N) is 2. The number of aryl methyl sites for hydroxylation is 1. The summed E-state index contributed by atoms with van der Waals surface area (Å²) in [7, 11) is 1.90. The normalized spacial score (nSPS) is 12.8. The molecule has 13 heavy (non-hydrogen) atoms. The van der Waals surface area contributed by atoms with Gasteiger partial charge in [0.15, 0.2) is 0 Å². The fraction of sp³-hybridized carbons (Fsp3) is 0.556. The molecular weight excluding hydrogens is 168 g/mol. The van der Waals surface area contributed by atoms with Gasteiger partial charge in [-0.3, -0.25) is 4.79 Å². The second-order valence-electron chi connectivity index (χ2n) is 3.29. The first-order valence-electron chi connectivity index (χ1n) is 4.22. The molecule has 0 bridgehead atoms. The Bertz CT molecular complexity index is 317. The molecule has 0 aromatic carbocycles. The van der Waals surface area contributed by atoms with Crippen LogP contribution in [0.5, 0.6) is 0 Å². The van der Waals surface area contributed by atoms with Gasteiger partial charge in [0.25, 0.3) is 0 Å². The summed E-state index contributed by atoms with van der Waals surface area (Å²) < 4.78 is 1.92. The zero-order chi connectivity index (χ0) is 10.0. The molecule has 0 aliphatic carbocycles. The minimum absolute atomic E-state index is 0.0173. The van der Waals surface area contributed by atoms with Crippen LogP contribution in [-0.4, -0.2) is 20.6 Å². The molecule has 72 valence electrons. The van der Waals surface area contributed by atoms with Gasteiger partial charge in [-0.2, -0.15) is 0 Å². The molecule has 0 fully saturated rings. The van der Waals surface area contributed by atoms with E-state index in [4.69, 9.17) is 5.11 Å². The van der Waals surface area contributed by atoms with Crippen LogP contribution in [0.4, 0.5) is 0 Å². The Morgan fingerprint density at radius 1 is 1.77 bits per heavy atom. The van der Waals surface area contributed by atoms with Crippen LogP contribution in [0, 0.1) is 6.92 Å². The summed E-state index contributed by atoms with van der Waals surface area (Å²) in [6.07, 6.45) is 1.89. The summed E-state index contributed by atoms with van der Waals surface area (Å²) in [6.45, 7) is 3.79. The van der Waals surface area contributed by atoms with Crippen LogP contribution in [0.1, 0.15) is 30.8 Å².